The van der Waals surface area contributed by atoms with Crippen molar-refractivity contribution in [2.45, 2.75) is 44.8 Å². The molecule has 0 saturated carbocycles. The fourth-order valence-corrected chi connectivity index (χ4v) is 3.70. The molecule has 1 amide bonds. The number of ether oxygens (including phenoxy) is 2. The number of nitrogens with one attached hydrogen (secondary N) is 2. The standard InChI is InChI=1S/C21H24N2O3/c1-14(23-18-8-4-6-16-5-2-3-7-17(16)18)21(24)22-12-15-9-10-19-20(11-15)26-13-25-19/h2-3,5,7,9-11,14,18,23H,4,6,8,12-13H2,1H3,(H,22,24)/t14-,18+/m1/s1. The van der Waals surface area contributed by atoms with Gasteiger partial charge in [-0.2, -0.15) is 0 Å². The smallest absolute Gasteiger partial charge is 0.237 e. The predicted molar refractivity (Wildman–Crippen MR) is 99.1 cm³/mol. The molecule has 2 atom stereocenters. The van der Waals surface area contributed by atoms with E-state index in [1.54, 1.807) is 0 Å². The molecule has 0 aromatic heterocycles. The molecule has 5 nitrogen and oxygen atoms in total. The molecular weight excluding hydrogens is 328 g/mol. The molecule has 0 spiro atoms. The summed E-state index contributed by atoms with van der Waals surface area (Å²) < 4.78 is 10.7. The van der Waals surface area contributed by atoms with E-state index in [0.29, 0.717) is 6.54 Å². The zero-order valence-corrected chi connectivity index (χ0v) is 15.0. The molecule has 2 aliphatic rings. The summed E-state index contributed by atoms with van der Waals surface area (Å²) in [7, 11) is 0. The van der Waals surface area contributed by atoms with Crippen LogP contribution in [-0.2, 0) is 17.8 Å². The molecule has 1 heterocycles. The molecule has 0 radical (unpaired) electrons. The van der Waals surface area contributed by atoms with E-state index in [4.69, 9.17) is 9.47 Å². The van der Waals surface area contributed by atoms with Gasteiger partial charge in [-0.05, 0) is 55.0 Å². The average molecular weight is 352 g/mol. The second-order valence-corrected chi connectivity index (χ2v) is 6.94. The molecule has 1 aliphatic heterocycles. The molecular formula is C21H24N2O3. The summed E-state index contributed by atoms with van der Waals surface area (Å²) in [5, 5.41) is 6.50. The topological polar surface area (TPSA) is 59.6 Å². The van der Waals surface area contributed by atoms with Crippen molar-refractivity contribution >= 4 is 5.91 Å². The van der Waals surface area contributed by atoms with Crippen LogP contribution in [0, 0.1) is 0 Å². The SMILES string of the molecule is C[C@@H](N[C@H]1CCCc2ccccc21)C(=O)NCc1ccc2c(c1)OCO2. The average Bonchev–Trinajstić information content (AvgIpc) is 3.14. The lowest BCUT2D eigenvalue weighted by atomic mass is 9.87. The first-order valence-electron chi connectivity index (χ1n) is 9.21. The van der Waals surface area contributed by atoms with Gasteiger partial charge in [-0.15, -0.1) is 0 Å². The van der Waals surface area contributed by atoms with Gasteiger partial charge < -0.3 is 14.8 Å². The fraction of sp³-hybridized carbons (Fsp3) is 0.381. The maximum Gasteiger partial charge on any atom is 0.237 e. The van der Waals surface area contributed by atoms with E-state index in [1.807, 2.05) is 25.1 Å². The van der Waals surface area contributed by atoms with Crippen molar-refractivity contribution in [3.8, 4) is 11.5 Å². The number of rotatable bonds is 5. The maximum absolute atomic E-state index is 12.5. The Kier molecular flexibility index (Phi) is 4.80. The van der Waals surface area contributed by atoms with E-state index < -0.39 is 0 Å². The number of aryl methyl sites for hydroxylation is 1. The maximum atomic E-state index is 12.5. The van der Waals surface area contributed by atoms with Crippen LogP contribution in [0.25, 0.3) is 0 Å². The molecule has 0 saturated heterocycles. The third kappa shape index (κ3) is 3.53. The Morgan fingerprint density at radius 2 is 2.04 bits per heavy atom. The van der Waals surface area contributed by atoms with Crippen molar-refractivity contribution < 1.29 is 14.3 Å². The minimum atomic E-state index is -0.250. The van der Waals surface area contributed by atoms with Crippen LogP contribution in [0.3, 0.4) is 0 Å². The number of hydrogen-bond donors (Lipinski definition) is 2. The van der Waals surface area contributed by atoms with Crippen LogP contribution in [0.1, 0.15) is 42.5 Å². The summed E-state index contributed by atoms with van der Waals surface area (Å²) in [5.74, 6) is 1.50. The van der Waals surface area contributed by atoms with E-state index in [1.165, 1.54) is 11.1 Å². The second kappa shape index (κ2) is 7.38. The fourth-order valence-electron chi connectivity index (χ4n) is 3.70. The highest BCUT2D eigenvalue weighted by Gasteiger charge is 2.23. The Morgan fingerprint density at radius 1 is 1.19 bits per heavy atom. The van der Waals surface area contributed by atoms with Crippen LogP contribution in [0.2, 0.25) is 0 Å². The van der Waals surface area contributed by atoms with Gasteiger partial charge in [-0.25, -0.2) is 0 Å². The summed E-state index contributed by atoms with van der Waals surface area (Å²) in [6.45, 7) is 2.66. The highest BCUT2D eigenvalue weighted by atomic mass is 16.7. The Hall–Kier alpha value is -2.53. The first-order chi connectivity index (χ1) is 12.7. The molecule has 0 fully saturated rings. The van der Waals surface area contributed by atoms with Crippen molar-refractivity contribution in [1.29, 1.82) is 0 Å². The van der Waals surface area contributed by atoms with Crippen LogP contribution in [0.4, 0.5) is 0 Å². The van der Waals surface area contributed by atoms with Gasteiger partial charge in [0.15, 0.2) is 11.5 Å². The predicted octanol–water partition coefficient (Wildman–Crippen LogP) is 3.09. The highest BCUT2D eigenvalue weighted by molar-refractivity contribution is 5.81. The first-order valence-corrected chi connectivity index (χ1v) is 9.21. The molecule has 0 bridgehead atoms. The van der Waals surface area contributed by atoms with Crippen LogP contribution in [0.15, 0.2) is 42.5 Å². The van der Waals surface area contributed by atoms with Gasteiger partial charge in [-0.1, -0.05) is 30.3 Å². The first kappa shape index (κ1) is 16.9. The minimum Gasteiger partial charge on any atom is -0.454 e. The Bertz CT molecular complexity index is 806. The number of carbonyl (C=O) groups excluding carboxylic acids is 1. The summed E-state index contributed by atoms with van der Waals surface area (Å²) in [6.07, 6.45) is 3.34. The lowest BCUT2D eigenvalue weighted by molar-refractivity contribution is -0.123. The third-order valence-corrected chi connectivity index (χ3v) is 5.12. The van der Waals surface area contributed by atoms with E-state index in [2.05, 4.69) is 34.9 Å². The number of hydrogen-bond acceptors (Lipinski definition) is 4. The molecule has 1 aliphatic carbocycles. The van der Waals surface area contributed by atoms with Crippen LogP contribution >= 0.6 is 0 Å². The summed E-state index contributed by atoms with van der Waals surface area (Å²) in [5.41, 5.74) is 3.72. The number of carbonyl (C=O) groups is 1. The molecule has 2 aromatic carbocycles. The van der Waals surface area contributed by atoms with Crippen molar-refractivity contribution in [2.24, 2.45) is 0 Å². The van der Waals surface area contributed by atoms with Crippen molar-refractivity contribution in [3.05, 3.63) is 59.2 Å². The van der Waals surface area contributed by atoms with Gasteiger partial charge in [-0.3, -0.25) is 10.1 Å². The summed E-state index contributed by atoms with van der Waals surface area (Å²) >= 11 is 0. The Balaban J connectivity index is 1.34. The normalized spacial score (nSPS) is 18.9. The molecule has 2 aromatic rings. The van der Waals surface area contributed by atoms with Gasteiger partial charge in [0.1, 0.15) is 0 Å². The summed E-state index contributed by atoms with van der Waals surface area (Å²) in [4.78, 5) is 12.5. The number of fused-ring (bicyclic) bond motifs is 2. The molecule has 5 heteroatoms. The summed E-state index contributed by atoms with van der Waals surface area (Å²) in [6, 6.07) is 14.3. The zero-order chi connectivity index (χ0) is 17.9. The van der Waals surface area contributed by atoms with Gasteiger partial charge in [0.2, 0.25) is 12.7 Å². The minimum absolute atomic E-state index is 0.00530. The van der Waals surface area contributed by atoms with E-state index in [0.717, 1.165) is 36.3 Å². The van der Waals surface area contributed by atoms with Crippen LogP contribution in [0.5, 0.6) is 11.5 Å². The van der Waals surface area contributed by atoms with Crippen molar-refractivity contribution in [1.82, 2.24) is 10.6 Å². The zero-order valence-electron chi connectivity index (χ0n) is 15.0. The van der Waals surface area contributed by atoms with E-state index in [-0.39, 0.29) is 24.8 Å². The Morgan fingerprint density at radius 3 is 2.96 bits per heavy atom. The third-order valence-electron chi connectivity index (χ3n) is 5.12. The van der Waals surface area contributed by atoms with Gasteiger partial charge in [0, 0.05) is 12.6 Å². The molecule has 0 unspecified atom stereocenters. The van der Waals surface area contributed by atoms with Gasteiger partial charge in [0.05, 0.1) is 6.04 Å². The van der Waals surface area contributed by atoms with Crippen LogP contribution < -0.4 is 20.1 Å². The molecule has 26 heavy (non-hydrogen) atoms. The van der Waals surface area contributed by atoms with E-state index in [9.17, 15) is 4.79 Å². The number of benzene rings is 2. The van der Waals surface area contributed by atoms with Crippen molar-refractivity contribution in [3.63, 3.8) is 0 Å². The van der Waals surface area contributed by atoms with Crippen LogP contribution in [-0.4, -0.2) is 18.7 Å². The highest BCUT2D eigenvalue weighted by Crippen LogP contribution is 2.32. The lowest BCUT2D eigenvalue weighted by Crippen LogP contribution is -2.44. The van der Waals surface area contributed by atoms with E-state index >= 15 is 0 Å². The van der Waals surface area contributed by atoms with Crippen molar-refractivity contribution in [2.75, 3.05) is 6.79 Å². The lowest BCUT2D eigenvalue weighted by Gasteiger charge is -2.29. The quantitative estimate of drug-likeness (QED) is 0.868. The van der Waals surface area contributed by atoms with Gasteiger partial charge in [0.25, 0.3) is 0 Å². The number of amides is 1. The second-order valence-electron chi connectivity index (χ2n) is 6.94. The molecule has 136 valence electrons. The largest absolute Gasteiger partial charge is 0.454 e. The van der Waals surface area contributed by atoms with Gasteiger partial charge >= 0.3 is 0 Å². The monoisotopic (exact) mass is 352 g/mol. The Labute approximate surface area is 153 Å². The molecule has 2 N–H and O–H groups in total. The molecule has 4 rings (SSSR count).